The number of anilines is 3. The van der Waals surface area contributed by atoms with Gasteiger partial charge in [0.25, 0.3) is 11.8 Å². The Morgan fingerprint density at radius 1 is 1.07 bits per heavy atom. The third kappa shape index (κ3) is 4.04. The summed E-state index contributed by atoms with van der Waals surface area (Å²) in [5, 5.41) is 6.23. The van der Waals surface area contributed by atoms with Crippen LogP contribution in [0.4, 0.5) is 17.1 Å². The van der Waals surface area contributed by atoms with Gasteiger partial charge in [-0.2, -0.15) is 0 Å². The van der Waals surface area contributed by atoms with Gasteiger partial charge in [0.05, 0.1) is 22.6 Å². The molecule has 0 unspecified atom stereocenters. The molecule has 0 aliphatic carbocycles. The third-order valence-electron chi connectivity index (χ3n) is 5.96. The molecular weight excluding hydrogens is 362 g/mol. The largest absolute Gasteiger partial charge is 0.353 e. The number of nitrogens with zero attached hydrogens (tertiary/aromatic N) is 1. The number of likely N-dealkylation sites (tertiary alicyclic amines) is 1. The number of hydrogen-bond donors (Lipinski definition) is 2. The Bertz CT molecular complexity index is 972. The van der Waals surface area contributed by atoms with Gasteiger partial charge in [-0.1, -0.05) is 23.8 Å². The maximum atomic E-state index is 13.0. The van der Waals surface area contributed by atoms with Crippen molar-refractivity contribution in [2.75, 3.05) is 23.7 Å². The minimum absolute atomic E-state index is 0.0324. The van der Waals surface area contributed by atoms with Crippen molar-refractivity contribution in [1.82, 2.24) is 4.90 Å². The van der Waals surface area contributed by atoms with Crippen LogP contribution in [0.2, 0.25) is 0 Å². The second-order valence-electron chi connectivity index (χ2n) is 7.96. The van der Waals surface area contributed by atoms with Gasteiger partial charge >= 0.3 is 0 Å². The summed E-state index contributed by atoms with van der Waals surface area (Å²) in [4.78, 5) is 27.5. The SMILES string of the molecule is C/C=C(\C)CC1CCN(C(=O)c2ccc3c(c2)NC(=O)c2ccccc2N3)CC1. The number of allylic oxidation sites excluding steroid dienone is 2. The molecule has 29 heavy (non-hydrogen) atoms. The van der Waals surface area contributed by atoms with Gasteiger partial charge in [-0.25, -0.2) is 0 Å². The zero-order valence-electron chi connectivity index (χ0n) is 17.0. The van der Waals surface area contributed by atoms with Crippen LogP contribution in [0, 0.1) is 5.92 Å². The highest BCUT2D eigenvalue weighted by Crippen LogP contribution is 2.33. The highest BCUT2D eigenvalue weighted by molar-refractivity contribution is 6.12. The summed E-state index contributed by atoms with van der Waals surface area (Å²) in [5.74, 6) is 0.519. The quantitative estimate of drug-likeness (QED) is 0.709. The molecule has 2 aromatic rings. The predicted octanol–water partition coefficient (Wildman–Crippen LogP) is 5.20. The van der Waals surface area contributed by atoms with Crippen LogP contribution in [0.5, 0.6) is 0 Å². The topological polar surface area (TPSA) is 61.4 Å². The minimum atomic E-state index is -0.170. The molecular formula is C24H27N3O2. The Morgan fingerprint density at radius 2 is 1.83 bits per heavy atom. The minimum Gasteiger partial charge on any atom is -0.353 e. The number of para-hydroxylation sites is 1. The van der Waals surface area contributed by atoms with Gasteiger partial charge in [-0.05, 0) is 69.4 Å². The first-order chi connectivity index (χ1) is 14.0. The molecule has 4 rings (SSSR count). The van der Waals surface area contributed by atoms with E-state index in [4.69, 9.17) is 0 Å². The summed E-state index contributed by atoms with van der Waals surface area (Å²) in [6.45, 7) is 5.83. The first kappa shape index (κ1) is 19.2. The lowest BCUT2D eigenvalue weighted by atomic mass is 9.90. The van der Waals surface area contributed by atoms with E-state index < -0.39 is 0 Å². The molecule has 1 fully saturated rings. The van der Waals surface area contributed by atoms with Gasteiger partial charge < -0.3 is 15.5 Å². The summed E-state index contributed by atoms with van der Waals surface area (Å²) in [5.41, 5.74) is 4.82. The van der Waals surface area contributed by atoms with Crippen LogP contribution >= 0.6 is 0 Å². The standard InChI is InChI=1S/C24H27N3O2/c1-3-16(2)14-17-10-12-27(13-11-17)24(29)18-8-9-21-22(15-18)26-23(28)19-6-4-5-7-20(19)25-21/h3-9,15,17,25H,10-14H2,1-2H3,(H,26,28)/b16-3+. The van der Waals surface area contributed by atoms with Crippen molar-refractivity contribution in [3.8, 4) is 0 Å². The number of carbonyl (C=O) groups excluding carboxylic acids is 2. The summed E-state index contributed by atoms with van der Waals surface area (Å²) < 4.78 is 0. The average molecular weight is 389 g/mol. The molecule has 0 bridgehead atoms. The second kappa shape index (κ2) is 8.11. The highest BCUT2D eigenvalue weighted by atomic mass is 16.2. The maximum absolute atomic E-state index is 13.0. The van der Waals surface area contributed by atoms with Crippen LogP contribution < -0.4 is 10.6 Å². The van der Waals surface area contributed by atoms with Crippen molar-refractivity contribution in [2.24, 2.45) is 5.92 Å². The smallest absolute Gasteiger partial charge is 0.257 e. The van der Waals surface area contributed by atoms with Crippen molar-refractivity contribution < 1.29 is 9.59 Å². The monoisotopic (exact) mass is 389 g/mol. The van der Waals surface area contributed by atoms with E-state index in [0.717, 1.165) is 43.7 Å². The highest BCUT2D eigenvalue weighted by Gasteiger charge is 2.25. The number of amides is 2. The van der Waals surface area contributed by atoms with E-state index in [2.05, 4.69) is 30.6 Å². The number of carbonyl (C=O) groups is 2. The van der Waals surface area contributed by atoms with Gasteiger partial charge in [-0.3, -0.25) is 9.59 Å². The first-order valence-corrected chi connectivity index (χ1v) is 10.3. The average Bonchev–Trinajstić information content (AvgIpc) is 2.89. The number of hydrogen-bond acceptors (Lipinski definition) is 3. The molecule has 2 amide bonds. The predicted molar refractivity (Wildman–Crippen MR) is 117 cm³/mol. The summed E-state index contributed by atoms with van der Waals surface area (Å²) in [7, 11) is 0. The van der Waals surface area contributed by atoms with Crippen molar-refractivity contribution in [3.05, 3.63) is 65.2 Å². The molecule has 2 N–H and O–H groups in total. The van der Waals surface area contributed by atoms with E-state index in [-0.39, 0.29) is 11.8 Å². The van der Waals surface area contributed by atoms with Gasteiger partial charge in [0, 0.05) is 18.7 Å². The maximum Gasteiger partial charge on any atom is 0.257 e. The fraction of sp³-hybridized carbons (Fsp3) is 0.333. The van der Waals surface area contributed by atoms with Crippen LogP contribution in [0.25, 0.3) is 0 Å². The molecule has 0 spiro atoms. The van der Waals surface area contributed by atoms with Crippen molar-refractivity contribution in [2.45, 2.75) is 33.1 Å². The molecule has 0 atom stereocenters. The molecule has 2 aliphatic heterocycles. The lowest BCUT2D eigenvalue weighted by Crippen LogP contribution is -2.38. The molecule has 1 saturated heterocycles. The second-order valence-corrected chi connectivity index (χ2v) is 7.96. The number of benzene rings is 2. The van der Waals surface area contributed by atoms with Crippen LogP contribution in [-0.4, -0.2) is 29.8 Å². The van der Waals surface area contributed by atoms with Crippen molar-refractivity contribution in [3.63, 3.8) is 0 Å². The van der Waals surface area contributed by atoms with Crippen LogP contribution in [0.1, 0.15) is 53.8 Å². The molecule has 0 radical (unpaired) electrons. The number of piperidine rings is 1. The van der Waals surface area contributed by atoms with Gasteiger partial charge in [0.15, 0.2) is 0 Å². The molecule has 2 heterocycles. The molecule has 2 aromatic carbocycles. The zero-order chi connectivity index (χ0) is 20.4. The zero-order valence-corrected chi connectivity index (χ0v) is 17.0. The van der Waals surface area contributed by atoms with E-state index in [1.54, 1.807) is 12.1 Å². The summed E-state index contributed by atoms with van der Waals surface area (Å²) in [6, 6.07) is 12.9. The Balaban J connectivity index is 1.48. The normalized spacial score (nSPS) is 17.0. The number of fused-ring (bicyclic) bond motifs is 2. The van der Waals surface area contributed by atoms with E-state index in [1.807, 2.05) is 35.2 Å². The summed E-state index contributed by atoms with van der Waals surface area (Å²) >= 11 is 0. The Hall–Kier alpha value is -3.08. The number of rotatable bonds is 3. The third-order valence-corrected chi connectivity index (χ3v) is 5.96. The van der Waals surface area contributed by atoms with Gasteiger partial charge in [0.1, 0.15) is 0 Å². The molecule has 5 heteroatoms. The molecule has 5 nitrogen and oxygen atoms in total. The van der Waals surface area contributed by atoms with E-state index in [9.17, 15) is 9.59 Å². The first-order valence-electron chi connectivity index (χ1n) is 10.3. The van der Waals surface area contributed by atoms with Crippen LogP contribution in [-0.2, 0) is 0 Å². The summed E-state index contributed by atoms with van der Waals surface area (Å²) in [6.07, 6.45) is 5.37. The van der Waals surface area contributed by atoms with Crippen molar-refractivity contribution in [1.29, 1.82) is 0 Å². The fourth-order valence-corrected chi connectivity index (χ4v) is 4.11. The Kier molecular flexibility index (Phi) is 5.38. The molecule has 0 aromatic heterocycles. The van der Waals surface area contributed by atoms with Crippen LogP contribution in [0.15, 0.2) is 54.1 Å². The fourth-order valence-electron chi connectivity index (χ4n) is 4.11. The van der Waals surface area contributed by atoms with E-state index >= 15 is 0 Å². The van der Waals surface area contributed by atoms with Gasteiger partial charge in [0.2, 0.25) is 0 Å². The molecule has 2 aliphatic rings. The Morgan fingerprint density at radius 3 is 2.59 bits per heavy atom. The van der Waals surface area contributed by atoms with Crippen molar-refractivity contribution >= 4 is 28.9 Å². The van der Waals surface area contributed by atoms with Gasteiger partial charge in [-0.15, -0.1) is 0 Å². The lowest BCUT2D eigenvalue weighted by molar-refractivity contribution is 0.0690. The van der Waals surface area contributed by atoms with E-state index in [0.29, 0.717) is 22.7 Å². The lowest BCUT2D eigenvalue weighted by Gasteiger charge is -2.32. The van der Waals surface area contributed by atoms with Crippen LogP contribution in [0.3, 0.4) is 0 Å². The molecule has 0 saturated carbocycles. The Labute approximate surface area is 171 Å². The van der Waals surface area contributed by atoms with E-state index in [1.165, 1.54) is 5.57 Å². The molecule has 150 valence electrons. The number of nitrogens with one attached hydrogen (secondary N) is 2.